The van der Waals surface area contributed by atoms with Crippen LogP contribution in [0.15, 0.2) is 24.3 Å². The fraction of sp³-hybridized carbons (Fsp3) is 0.556. The van der Waals surface area contributed by atoms with Crippen molar-refractivity contribution in [3.8, 4) is 5.75 Å². The zero-order valence-corrected chi connectivity index (χ0v) is 14.5. The van der Waals surface area contributed by atoms with Gasteiger partial charge in [0.1, 0.15) is 5.75 Å². The molecule has 0 bridgehead atoms. The number of nitrogens with one attached hydrogen (secondary N) is 1. The first kappa shape index (κ1) is 20.1. The van der Waals surface area contributed by atoms with Crippen molar-refractivity contribution in [3.63, 3.8) is 0 Å². The molecule has 5 nitrogen and oxygen atoms in total. The second-order valence-corrected chi connectivity index (χ2v) is 6.26. The van der Waals surface area contributed by atoms with E-state index in [1.807, 2.05) is 0 Å². The monoisotopic (exact) mass is 373 g/mol. The van der Waals surface area contributed by atoms with Gasteiger partial charge in [-0.25, -0.2) is 4.79 Å². The van der Waals surface area contributed by atoms with Crippen LogP contribution in [0.1, 0.15) is 44.6 Å². The van der Waals surface area contributed by atoms with E-state index in [1.165, 1.54) is 19.1 Å². The molecule has 1 saturated carbocycles. The Bertz CT molecular complexity index is 627. The number of alkyl halides is 3. The normalized spacial score (nSPS) is 16.6. The summed E-state index contributed by atoms with van der Waals surface area (Å²) in [5.74, 6) is -1.79. The molecule has 1 aliphatic rings. The van der Waals surface area contributed by atoms with Gasteiger partial charge in [-0.3, -0.25) is 4.79 Å². The van der Waals surface area contributed by atoms with Gasteiger partial charge in [-0.15, -0.1) is 0 Å². The van der Waals surface area contributed by atoms with Crippen molar-refractivity contribution in [2.24, 2.45) is 0 Å². The number of esters is 1. The Morgan fingerprint density at radius 2 is 1.85 bits per heavy atom. The summed E-state index contributed by atoms with van der Waals surface area (Å²) in [5.41, 5.74) is -0.977. The Morgan fingerprint density at radius 1 is 1.19 bits per heavy atom. The first-order valence-corrected chi connectivity index (χ1v) is 8.56. The van der Waals surface area contributed by atoms with Gasteiger partial charge in [0.05, 0.1) is 5.56 Å². The molecule has 1 atom stereocenters. The Kier molecular flexibility index (Phi) is 6.88. The van der Waals surface area contributed by atoms with Gasteiger partial charge in [0.25, 0.3) is 5.91 Å². The zero-order valence-electron chi connectivity index (χ0n) is 14.5. The van der Waals surface area contributed by atoms with E-state index in [4.69, 9.17) is 9.47 Å². The zero-order chi connectivity index (χ0) is 19.2. The first-order chi connectivity index (χ1) is 12.3. The van der Waals surface area contributed by atoms with E-state index in [0.29, 0.717) is 0 Å². The molecule has 1 amide bonds. The molecule has 144 valence electrons. The maximum atomic E-state index is 12.9. The van der Waals surface area contributed by atoms with Crippen LogP contribution in [0.3, 0.4) is 0 Å². The van der Waals surface area contributed by atoms with Crippen LogP contribution in [0.4, 0.5) is 13.2 Å². The van der Waals surface area contributed by atoms with E-state index in [2.05, 4.69) is 5.32 Å². The summed E-state index contributed by atoms with van der Waals surface area (Å²) in [6, 6.07) is 4.68. The van der Waals surface area contributed by atoms with Crippen LogP contribution in [0.2, 0.25) is 0 Å². The topological polar surface area (TPSA) is 64.6 Å². The fourth-order valence-corrected chi connectivity index (χ4v) is 2.81. The average Bonchev–Trinajstić information content (AvgIpc) is 2.60. The summed E-state index contributed by atoms with van der Waals surface area (Å²) in [6.45, 7) is 0.790. The molecule has 1 aliphatic carbocycles. The molecule has 0 radical (unpaired) electrons. The van der Waals surface area contributed by atoms with Crippen molar-refractivity contribution in [3.05, 3.63) is 29.8 Å². The molecule has 1 aromatic rings. The lowest BCUT2D eigenvalue weighted by molar-refractivity contribution is -0.156. The van der Waals surface area contributed by atoms with Gasteiger partial charge in [0.2, 0.25) is 0 Å². The van der Waals surface area contributed by atoms with Gasteiger partial charge >= 0.3 is 12.1 Å². The predicted octanol–water partition coefficient (Wildman–Crippen LogP) is 3.46. The summed E-state index contributed by atoms with van der Waals surface area (Å²) in [7, 11) is 0. The van der Waals surface area contributed by atoms with Crippen LogP contribution in [0.5, 0.6) is 5.75 Å². The standard InChI is InChI=1S/C18H22F3NO4/c1-12(26-15-10-6-5-9-14(15)18(19,20)21)17(24)25-11-16(23)22-13-7-3-2-4-8-13/h5-6,9-10,12-13H,2-4,7-8,11H2,1H3,(H,22,23). The van der Waals surface area contributed by atoms with E-state index in [0.717, 1.165) is 44.2 Å². The van der Waals surface area contributed by atoms with Crippen LogP contribution >= 0.6 is 0 Å². The maximum absolute atomic E-state index is 12.9. The van der Waals surface area contributed by atoms with Crippen molar-refractivity contribution >= 4 is 11.9 Å². The van der Waals surface area contributed by atoms with Gasteiger partial charge in [-0.05, 0) is 31.9 Å². The minimum absolute atomic E-state index is 0.0855. The lowest BCUT2D eigenvalue weighted by atomic mass is 9.95. The summed E-state index contributed by atoms with van der Waals surface area (Å²) in [4.78, 5) is 23.7. The molecular weight excluding hydrogens is 351 g/mol. The number of halogens is 3. The average molecular weight is 373 g/mol. The number of carbonyl (C=O) groups is 2. The van der Waals surface area contributed by atoms with Crippen LogP contribution in [-0.4, -0.2) is 30.6 Å². The number of ether oxygens (including phenoxy) is 2. The van der Waals surface area contributed by atoms with Crippen molar-refractivity contribution in [1.82, 2.24) is 5.32 Å². The number of para-hydroxylation sites is 1. The molecule has 1 fully saturated rings. The highest BCUT2D eigenvalue weighted by Gasteiger charge is 2.35. The smallest absolute Gasteiger partial charge is 0.419 e. The lowest BCUT2D eigenvalue weighted by Gasteiger charge is -2.22. The number of rotatable bonds is 6. The van der Waals surface area contributed by atoms with Crippen LogP contribution in [-0.2, 0) is 20.5 Å². The Morgan fingerprint density at radius 3 is 2.50 bits per heavy atom. The van der Waals surface area contributed by atoms with E-state index >= 15 is 0 Å². The molecule has 0 spiro atoms. The van der Waals surface area contributed by atoms with Gasteiger partial charge in [-0.2, -0.15) is 13.2 Å². The van der Waals surface area contributed by atoms with Crippen molar-refractivity contribution in [1.29, 1.82) is 0 Å². The molecular formula is C18H22F3NO4. The number of benzene rings is 1. The molecule has 0 aliphatic heterocycles. The second-order valence-electron chi connectivity index (χ2n) is 6.26. The largest absolute Gasteiger partial charge is 0.478 e. The molecule has 1 aromatic carbocycles. The Hall–Kier alpha value is -2.25. The van der Waals surface area contributed by atoms with Crippen molar-refractivity contribution < 1.29 is 32.2 Å². The summed E-state index contributed by atoms with van der Waals surface area (Å²) >= 11 is 0. The summed E-state index contributed by atoms with van der Waals surface area (Å²) in [6.07, 6.45) is -0.833. The lowest BCUT2D eigenvalue weighted by Crippen LogP contribution is -2.39. The third-order valence-corrected chi connectivity index (χ3v) is 4.14. The van der Waals surface area contributed by atoms with Gasteiger partial charge in [0.15, 0.2) is 12.7 Å². The molecule has 1 N–H and O–H groups in total. The van der Waals surface area contributed by atoms with E-state index in [-0.39, 0.29) is 6.04 Å². The maximum Gasteiger partial charge on any atom is 0.419 e. The Labute approximate surface area is 149 Å². The highest BCUT2D eigenvalue weighted by atomic mass is 19.4. The van der Waals surface area contributed by atoms with E-state index in [9.17, 15) is 22.8 Å². The first-order valence-electron chi connectivity index (χ1n) is 8.56. The third-order valence-electron chi connectivity index (χ3n) is 4.14. The molecule has 0 saturated heterocycles. The van der Waals surface area contributed by atoms with Crippen LogP contribution in [0, 0.1) is 0 Å². The molecule has 2 rings (SSSR count). The van der Waals surface area contributed by atoms with Crippen molar-refractivity contribution in [2.45, 2.75) is 57.3 Å². The fourth-order valence-electron chi connectivity index (χ4n) is 2.81. The minimum atomic E-state index is -4.60. The molecule has 0 heterocycles. The highest BCUT2D eigenvalue weighted by Crippen LogP contribution is 2.36. The summed E-state index contributed by atoms with van der Waals surface area (Å²) in [5, 5.41) is 2.79. The SMILES string of the molecule is CC(Oc1ccccc1C(F)(F)F)C(=O)OCC(=O)NC1CCCCC1. The summed E-state index contributed by atoms with van der Waals surface area (Å²) < 4.78 is 48.7. The van der Waals surface area contributed by atoms with Crippen molar-refractivity contribution in [2.75, 3.05) is 6.61 Å². The minimum Gasteiger partial charge on any atom is -0.478 e. The highest BCUT2D eigenvalue weighted by molar-refractivity contribution is 5.82. The Balaban J connectivity index is 1.83. The molecule has 0 aromatic heterocycles. The van der Waals surface area contributed by atoms with Crippen LogP contribution < -0.4 is 10.1 Å². The molecule has 1 unspecified atom stereocenters. The molecule has 26 heavy (non-hydrogen) atoms. The molecule has 8 heteroatoms. The number of carbonyl (C=O) groups excluding carboxylic acids is 2. The van der Waals surface area contributed by atoms with Gasteiger partial charge < -0.3 is 14.8 Å². The van der Waals surface area contributed by atoms with Gasteiger partial charge in [0, 0.05) is 6.04 Å². The second kappa shape index (κ2) is 8.91. The van der Waals surface area contributed by atoms with Crippen LogP contribution in [0.25, 0.3) is 0 Å². The number of hydrogen-bond acceptors (Lipinski definition) is 4. The van der Waals surface area contributed by atoms with E-state index < -0.39 is 42.1 Å². The number of amides is 1. The van der Waals surface area contributed by atoms with E-state index in [1.54, 1.807) is 0 Å². The quantitative estimate of drug-likeness (QED) is 0.776. The van der Waals surface area contributed by atoms with Gasteiger partial charge in [-0.1, -0.05) is 31.4 Å². The number of hydrogen-bond donors (Lipinski definition) is 1. The third kappa shape index (κ3) is 5.93. The predicted molar refractivity (Wildman–Crippen MR) is 87.5 cm³/mol.